The molecule has 0 aliphatic carbocycles. The van der Waals surface area contributed by atoms with Crippen molar-refractivity contribution in [1.82, 2.24) is 0 Å². The fraction of sp³-hybridized carbons (Fsp3) is 0.154. The van der Waals surface area contributed by atoms with Crippen LogP contribution in [0.25, 0.3) is 10.8 Å². The highest BCUT2D eigenvalue weighted by molar-refractivity contribution is 6.37. The fourth-order valence-corrected chi connectivity index (χ4v) is 2.02. The van der Waals surface area contributed by atoms with Gasteiger partial charge in [0, 0.05) is 5.39 Å². The molecule has 0 unspecified atom stereocenters. The van der Waals surface area contributed by atoms with Gasteiger partial charge in [0.25, 0.3) is 0 Å². The molecule has 0 amide bonds. The van der Waals surface area contributed by atoms with E-state index < -0.39 is 0 Å². The highest BCUT2D eigenvalue weighted by Gasteiger charge is 2.07. The van der Waals surface area contributed by atoms with Crippen LogP contribution in [0.3, 0.4) is 0 Å². The van der Waals surface area contributed by atoms with E-state index >= 15 is 0 Å². The summed E-state index contributed by atoms with van der Waals surface area (Å²) < 4.78 is 5.16. The number of rotatable bonds is 2. The zero-order chi connectivity index (χ0) is 12.4. The summed E-state index contributed by atoms with van der Waals surface area (Å²) in [7, 11) is 1.59. The molecule has 0 atom stereocenters. The lowest BCUT2D eigenvalue weighted by Gasteiger charge is -2.07. The molecule has 0 saturated carbocycles. The second-order valence-corrected chi connectivity index (χ2v) is 4.08. The third-order valence-electron chi connectivity index (χ3n) is 2.71. The van der Waals surface area contributed by atoms with Crippen LogP contribution >= 0.6 is 11.6 Å². The molecule has 2 rings (SSSR count). The Morgan fingerprint density at radius 2 is 2.06 bits per heavy atom. The van der Waals surface area contributed by atoms with Crippen molar-refractivity contribution in [3.63, 3.8) is 0 Å². The van der Waals surface area contributed by atoms with Crippen LogP contribution in [0.4, 0.5) is 0 Å². The Kier molecular flexibility index (Phi) is 3.20. The molecule has 2 aromatic rings. The SMILES string of the molecule is COc1ccc2cc(C(C)=NO)ccc2c1Cl. The lowest BCUT2D eigenvalue weighted by Crippen LogP contribution is -1.94. The summed E-state index contributed by atoms with van der Waals surface area (Å²) in [4.78, 5) is 0. The molecule has 0 saturated heterocycles. The molecular formula is C13H12ClNO2. The zero-order valence-electron chi connectivity index (χ0n) is 9.57. The molecule has 2 aromatic carbocycles. The molecule has 3 nitrogen and oxygen atoms in total. The van der Waals surface area contributed by atoms with Gasteiger partial charge >= 0.3 is 0 Å². The van der Waals surface area contributed by atoms with Crippen LogP contribution in [0.2, 0.25) is 5.02 Å². The van der Waals surface area contributed by atoms with Gasteiger partial charge in [-0.15, -0.1) is 0 Å². The van der Waals surface area contributed by atoms with Gasteiger partial charge in [-0.3, -0.25) is 0 Å². The number of benzene rings is 2. The van der Waals surface area contributed by atoms with Crippen LogP contribution < -0.4 is 4.74 Å². The van der Waals surface area contributed by atoms with Crippen molar-refractivity contribution in [2.75, 3.05) is 7.11 Å². The summed E-state index contributed by atoms with van der Waals surface area (Å²) in [5.41, 5.74) is 1.43. The van der Waals surface area contributed by atoms with Crippen LogP contribution in [0.1, 0.15) is 12.5 Å². The maximum Gasteiger partial charge on any atom is 0.138 e. The van der Waals surface area contributed by atoms with E-state index in [2.05, 4.69) is 5.16 Å². The van der Waals surface area contributed by atoms with Crippen LogP contribution in [0, 0.1) is 0 Å². The van der Waals surface area contributed by atoms with E-state index in [4.69, 9.17) is 21.5 Å². The quantitative estimate of drug-likeness (QED) is 0.501. The first-order chi connectivity index (χ1) is 8.17. The van der Waals surface area contributed by atoms with E-state index in [0.29, 0.717) is 16.5 Å². The van der Waals surface area contributed by atoms with Gasteiger partial charge in [0.15, 0.2) is 0 Å². The molecule has 88 valence electrons. The Bertz CT molecular complexity index is 593. The molecule has 0 heterocycles. The zero-order valence-corrected chi connectivity index (χ0v) is 10.3. The van der Waals surface area contributed by atoms with Crippen molar-refractivity contribution in [2.45, 2.75) is 6.92 Å². The topological polar surface area (TPSA) is 41.8 Å². The predicted octanol–water partition coefficient (Wildman–Crippen LogP) is 3.70. The van der Waals surface area contributed by atoms with Crippen molar-refractivity contribution in [3.05, 3.63) is 40.9 Å². The first-order valence-electron chi connectivity index (χ1n) is 5.12. The molecule has 0 spiro atoms. The van der Waals surface area contributed by atoms with E-state index in [9.17, 15) is 0 Å². The van der Waals surface area contributed by atoms with Crippen LogP contribution in [-0.4, -0.2) is 18.0 Å². The van der Waals surface area contributed by atoms with Crippen molar-refractivity contribution in [1.29, 1.82) is 0 Å². The molecule has 0 bridgehead atoms. The fourth-order valence-electron chi connectivity index (χ4n) is 1.71. The Balaban J connectivity index is 2.65. The van der Waals surface area contributed by atoms with Crippen molar-refractivity contribution < 1.29 is 9.94 Å². The Labute approximate surface area is 104 Å². The third-order valence-corrected chi connectivity index (χ3v) is 3.10. The van der Waals surface area contributed by atoms with Crippen LogP contribution in [0.15, 0.2) is 35.5 Å². The van der Waals surface area contributed by atoms with Gasteiger partial charge in [0.05, 0.1) is 17.8 Å². The Morgan fingerprint density at radius 1 is 1.29 bits per heavy atom. The maximum absolute atomic E-state index is 8.74. The molecular weight excluding hydrogens is 238 g/mol. The number of halogens is 1. The van der Waals surface area contributed by atoms with Crippen LogP contribution in [-0.2, 0) is 0 Å². The number of nitrogens with zero attached hydrogens (tertiary/aromatic N) is 1. The Morgan fingerprint density at radius 3 is 2.71 bits per heavy atom. The maximum atomic E-state index is 8.74. The standard InChI is InChI=1S/C13H12ClNO2/c1-8(15-16)9-3-5-11-10(7-9)4-6-12(17-2)13(11)14/h3-7,16H,1-2H3. The first kappa shape index (κ1) is 11.7. The van der Waals surface area contributed by atoms with Gasteiger partial charge in [-0.1, -0.05) is 35.0 Å². The number of hydrogen-bond acceptors (Lipinski definition) is 3. The number of oxime groups is 1. The van der Waals surface area contributed by atoms with Crippen molar-refractivity contribution >= 4 is 28.1 Å². The van der Waals surface area contributed by atoms with Gasteiger partial charge in [0.2, 0.25) is 0 Å². The molecule has 0 radical (unpaired) electrons. The van der Waals surface area contributed by atoms with Crippen molar-refractivity contribution in [3.8, 4) is 5.75 Å². The molecule has 0 aliphatic heterocycles. The second kappa shape index (κ2) is 4.63. The monoisotopic (exact) mass is 249 g/mol. The van der Waals surface area contributed by atoms with Gasteiger partial charge < -0.3 is 9.94 Å². The molecule has 0 aliphatic rings. The minimum atomic E-state index is 0.568. The van der Waals surface area contributed by atoms with E-state index in [1.165, 1.54) is 0 Å². The average molecular weight is 250 g/mol. The summed E-state index contributed by atoms with van der Waals surface area (Å²) >= 11 is 6.20. The summed E-state index contributed by atoms with van der Waals surface area (Å²) in [5.74, 6) is 0.652. The van der Waals surface area contributed by atoms with Gasteiger partial charge in [-0.25, -0.2) is 0 Å². The van der Waals surface area contributed by atoms with Crippen molar-refractivity contribution in [2.24, 2.45) is 5.16 Å². The number of methoxy groups -OCH3 is 1. The normalized spacial score (nSPS) is 11.8. The van der Waals surface area contributed by atoms with E-state index in [-0.39, 0.29) is 0 Å². The van der Waals surface area contributed by atoms with E-state index in [1.54, 1.807) is 14.0 Å². The number of ether oxygens (including phenoxy) is 1. The molecule has 4 heteroatoms. The summed E-state index contributed by atoms with van der Waals surface area (Å²) in [6, 6.07) is 9.43. The second-order valence-electron chi connectivity index (χ2n) is 3.70. The van der Waals surface area contributed by atoms with E-state index in [0.717, 1.165) is 16.3 Å². The molecule has 1 N–H and O–H groups in total. The van der Waals surface area contributed by atoms with E-state index in [1.807, 2.05) is 30.3 Å². The lowest BCUT2D eigenvalue weighted by atomic mass is 10.0. The molecule has 0 aromatic heterocycles. The summed E-state index contributed by atoms with van der Waals surface area (Å²) in [6.45, 7) is 1.74. The lowest BCUT2D eigenvalue weighted by molar-refractivity contribution is 0.319. The highest BCUT2D eigenvalue weighted by atomic mass is 35.5. The predicted molar refractivity (Wildman–Crippen MR) is 69.5 cm³/mol. The van der Waals surface area contributed by atoms with Gasteiger partial charge in [0.1, 0.15) is 5.75 Å². The number of fused-ring (bicyclic) bond motifs is 1. The van der Waals surface area contributed by atoms with Crippen LogP contribution in [0.5, 0.6) is 5.75 Å². The van der Waals surface area contributed by atoms with Gasteiger partial charge in [-0.05, 0) is 30.0 Å². The average Bonchev–Trinajstić information content (AvgIpc) is 2.38. The minimum Gasteiger partial charge on any atom is -0.495 e. The first-order valence-corrected chi connectivity index (χ1v) is 5.50. The molecule has 17 heavy (non-hydrogen) atoms. The number of hydrogen-bond donors (Lipinski definition) is 1. The van der Waals surface area contributed by atoms with Gasteiger partial charge in [-0.2, -0.15) is 0 Å². The smallest absolute Gasteiger partial charge is 0.138 e. The Hall–Kier alpha value is -1.74. The summed E-state index contributed by atoms with van der Waals surface area (Å²) in [6.07, 6.45) is 0. The molecule has 0 fully saturated rings. The highest BCUT2D eigenvalue weighted by Crippen LogP contribution is 2.32. The minimum absolute atomic E-state index is 0.568. The largest absolute Gasteiger partial charge is 0.495 e. The summed E-state index contributed by atoms with van der Waals surface area (Å²) in [5, 5.41) is 14.4. The third kappa shape index (κ3) is 2.06.